The lowest BCUT2D eigenvalue weighted by molar-refractivity contribution is -0.141. The van der Waals surface area contributed by atoms with E-state index in [1.54, 1.807) is 6.92 Å². The van der Waals surface area contributed by atoms with Gasteiger partial charge in [-0.1, -0.05) is 11.6 Å². The number of hydrogen-bond donors (Lipinski definition) is 1. The molecule has 1 aromatic heterocycles. The van der Waals surface area contributed by atoms with Gasteiger partial charge < -0.3 is 14.7 Å². The molecule has 0 spiro atoms. The van der Waals surface area contributed by atoms with Crippen LogP contribution in [0.2, 0.25) is 0 Å². The number of nitrogens with one attached hydrogen (secondary N) is 1. The predicted molar refractivity (Wildman–Crippen MR) is 65.2 cm³/mol. The Morgan fingerprint density at radius 1 is 1.55 bits per heavy atom. The van der Waals surface area contributed by atoms with E-state index in [0.29, 0.717) is 5.69 Å². The first kappa shape index (κ1) is 14.7. The van der Waals surface area contributed by atoms with E-state index in [1.165, 1.54) is 6.26 Å². The Labute approximate surface area is 114 Å². The van der Waals surface area contributed by atoms with Crippen LogP contribution in [0.25, 0.3) is 0 Å². The second-order valence-electron chi connectivity index (χ2n) is 5.04. The van der Waals surface area contributed by atoms with Gasteiger partial charge in [0, 0.05) is 6.54 Å². The molecule has 2 rings (SSSR count). The largest absolute Gasteiger partial charge is 0.406 e. The summed E-state index contributed by atoms with van der Waals surface area (Å²) in [5.74, 6) is 0.159. The minimum Gasteiger partial charge on any atom is -0.362 e. The Morgan fingerprint density at radius 3 is 2.70 bits per heavy atom. The van der Waals surface area contributed by atoms with E-state index >= 15 is 0 Å². The van der Waals surface area contributed by atoms with Gasteiger partial charge in [-0.3, -0.25) is 0 Å². The molecule has 2 amide bonds. The van der Waals surface area contributed by atoms with Gasteiger partial charge in [-0.2, -0.15) is 13.2 Å². The highest BCUT2D eigenvalue weighted by atomic mass is 19.4. The fourth-order valence-electron chi connectivity index (χ4n) is 2.03. The molecule has 8 heteroatoms. The Hall–Kier alpha value is -1.73. The van der Waals surface area contributed by atoms with Crippen LogP contribution >= 0.6 is 0 Å². The zero-order valence-corrected chi connectivity index (χ0v) is 11.0. The maximum atomic E-state index is 12.5. The molecular weight excluding hydrogens is 275 g/mol. The van der Waals surface area contributed by atoms with Gasteiger partial charge in [0.25, 0.3) is 0 Å². The van der Waals surface area contributed by atoms with Crippen LogP contribution in [0.15, 0.2) is 10.8 Å². The minimum atomic E-state index is -4.41. The smallest absolute Gasteiger partial charge is 0.362 e. The number of carbonyl (C=O) groups is 1. The van der Waals surface area contributed by atoms with Crippen molar-refractivity contribution in [1.82, 2.24) is 10.1 Å². The van der Waals surface area contributed by atoms with Crippen LogP contribution in [0.1, 0.15) is 25.0 Å². The van der Waals surface area contributed by atoms with Gasteiger partial charge in [-0.15, -0.1) is 0 Å². The maximum absolute atomic E-state index is 12.5. The second kappa shape index (κ2) is 5.72. The molecule has 1 heterocycles. The third-order valence-electron chi connectivity index (χ3n) is 3.35. The Balaban J connectivity index is 2.00. The zero-order chi connectivity index (χ0) is 14.8. The average molecular weight is 291 g/mol. The Bertz CT molecular complexity index is 469. The number of carbonyl (C=O) groups excluding carboxylic acids is 1. The van der Waals surface area contributed by atoms with Gasteiger partial charge in [0.2, 0.25) is 0 Å². The first-order chi connectivity index (χ1) is 9.35. The lowest BCUT2D eigenvalue weighted by atomic mass is 9.85. The highest BCUT2D eigenvalue weighted by Gasteiger charge is 2.35. The summed E-state index contributed by atoms with van der Waals surface area (Å²) in [6.07, 6.45) is -0.466. The monoisotopic (exact) mass is 291 g/mol. The molecule has 0 aromatic carbocycles. The summed E-state index contributed by atoms with van der Waals surface area (Å²) >= 11 is 0. The molecule has 0 unspecified atom stereocenters. The highest BCUT2D eigenvalue weighted by molar-refractivity contribution is 5.89. The maximum Gasteiger partial charge on any atom is 0.406 e. The number of rotatable bonds is 4. The van der Waals surface area contributed by atoms with E-state index in [2.05, 4.69) is 15.0 Å². The molecule has 112 valence electrons. The molecule has 1 aliphatic carbocycles. The van der Waals surface area contributed by atoms with Crippen LogP contribution in [-0.2, 0) is 0 Å². The number of alkyl halides is 3. The Kier molecular flexibility index (Phi) is 4.20. The zero-order valence-electron chi connectivity index (χ0n) is 11.0. The van der Waals surface area contributed by atoms with Gasteiger partial charge in [0.05, 0.1) is 0 Å². The lowest BCUT2D eigenvalue weighted by Crippen LogP contribution is -2.45. The summed E-state index contributed by atoms with van der Waals surface area (Å²) in [6, 6.07) is -0.777. The van der Waals surface area contributed by atoms with Crippen LogP contribution in [-0.4, -0.2) is 35.4 Å². The first-order valence-electron chi connectivity index (χ1n) is 6.39. The lowest BCUT2D eigenvalue weighted by Gasteiger charge is -2.32. The van der Waals surface area contributed by atoms with Crippen molar-refractivity contribution >= 4 is 11.7 Å². The molecule has 0 bridgehead atoms. The molecule has 20 heavy (non-hydrogen) atoms. The van der Waals surface area contributed by atoms with Crippen molar-refractivity contribution in [1.29, 1.82) is 0 Å². The molecule has 1 saturated carbocycles. The number of amides is 2. The summed E-state index contributed by atoms with van der Waals surface area (Å²) in [5, 5.41) is 5.96. The van der Waals surface area contributed by atoms with E-state index in [-0.39, 0.29) is 18.2 Å². The van der Waals surface area contributed by atoms with E-state index in [1.807, 2.05) is 0 Å². The van der Waals surface area contributed by atoms with Crippen molar-refractivity contribution in [2.24, 2.45) is 5.92 Å². The SMILES string of the molecule is Cc1nocc1NC(=O)N(CC1CCC1)CC(F)(F)F. The molecule has 0 aliphatic heterocycles. The quantitative estimate of drug-likeness (QED) is 0.927. The van der Waals surface area contributed by atoms with Gasteiger partial charge >= 0.3 is 12.2 Å². The van der Waals surface area contributed by atoms with Crippen molar-refractivity contribution in [3.8, 4) is 0 Å². The van der Waals surface area contributed by atoms with Crippen molar-refractivity contribution in [2.45, 2.75) is 32.4 Å². The Morgan fingerprint density at radius 2 is 2.25 bits per heavy atom. The summed E-state index contributed by atoms with van der Waals surface area (Å²) in [4.78, 5) is 12.8. The summed E-state index contributed by atoms with van der Waals surface area (Å²) in [6.45, 7) is 0.467. The molecular formula is C12H16F3N3O2. The van der Waals surface area contributed by atoms with Crippen LogP contribution in [0, 0.1) is 12.8 Å². The molecule has 5 nitrogen and oxygen atoms in total. The van der Waals surface area contributed by atoms with Crippen molar-refractivity contribution < 1.29 is 22.5 Å². The second-order valence-corrected chi connectivity index (χ2v) is 5.04. The molecule has 1 N–H and O–H groups in total. The molecule has 0 saturated heterocycles. The molecule has 1 fully saturated rings. The van der Waals surface area contributed by atoms with Gasteiger partial charge in [-0.25, -0.2) is 4.79 Å². The molecule has 0 atom stereocenters. The summed E-state index contributed by atoms with van der Waals surface area (Å²) < 4.78 is 42.3. The predicted octanol–water partition coefficient (Wildman–Crippen LogP) is 3.18. The number of aryl methyl sites for hydroxylation is 1. The molecule has 1 aliphatic rings. The number of halogens is 3. The van der Waals surface area contributed by atoms with E-state index in [4.69, 9.17) is 0 Å². The van der Waals surface area contributed by atoms with Crippen molar-refractivity contribution in [3.63, 3.8) is 0 Å². The highest BCUT2D eigenvalue weighted by Crippen LogP contribution is 2.28. The minimum absolute atomic E-state index is 0.121. The van der Waals surface area contributed by atoms with E-state index in [9.17, 15) is 18.0 Å². The van der Waals surface area contributed by atoms with Gasteiger partial charge in [-0.05, 0) is 25.7 Å². The number of urea groups is 1. The van der Waals surface area contributed by atoms with Crippen LogP contribution < -0.4 is 5.32 Å². The normalized spacial score (nSPS) is 15.8. The third-order valence-corrected chi connectivity index (χ3v) is 3.35. The van der Waals surface area contributed by atoms with E-state index < -0.39 is 18.8 Å². The van der Waals surface area contributed by atoms with Crippen LogP contribution in [0.4, 0.5) is 23.7 Å². The van der Waals surface area contributed by atoms with Gasteiger partial charge in [0.15, 0.2) is 0 Å². The van der Waals surface area contributed by atoms with Crippen LogP contribution in [0.3, 0.4) is 0 Å². The molecule has 0 radical (unpaired) electrons. The number of nitrogens with zero attached hydrogens (tertiary/aromatic N) is 2. The first-order valence-corrected chi connectivity index (χ1v) is 6.39. The fourth-order valence-corrected chi connectivity index (χ4v) is 2.03. The standard InChI is InChI=1S/C12H16F3N3O2/c1-8-10(6-20-17-8)16-11(19)18(7-12(13,14)15)5-9-3-2-4-9/h6,9H,2-5,7H2,1H3,(H,16,19). The van der Waals surface area contributed by atoms with E-state index in [0.717, 1.165) is 24.2 Å². The summed E-state index contributed by atoms with van der Waals surface area (Å²) in [5.41, 5.74) is 0.713. The summed E-state index contributed by atoms with van der Waals surface area (Å²) in [7, 11) is 0. The third kappa shape index (κ3) is 3.88. The fraction of sp³-hybridized carbons (Fsp3) is 0.667. The number of hydrogen-bond acceptors (Lipinski definition) is 3. The average Bonchev–Trinajstić information content (AvgIpc) is 2.66. The van der Waals surface area contributed by atoms with Gasteiger partial charge in [0.1, 0.15) is 24.2 Å². The molecule has 1 aromatic rings. The topological polar surface area (TPSA) is 58.4 Å². The number of anilines is 1. The number of aromatic nitrogens is 1. The van der Waals surface area contributed by atoms with Crippen molar-refractivity contribution in [2.75, 3.05) is 18.4 Å². The van der Waals surface area contributed by atoms with Crippen molar-refractivity contribution in [3.05, 3.63) is 12.0 Å². The van der Waals surface area contributed by atoms with Crippen LogP contribution in [0.5, 0.6) is 0 Å².